The number of rotatable bonds is 8. The molecule has 0 spiro atoms. The number of ether oxygens (including phenoxy) is 1. The molecule has 2 aromatic carbocycles. The van der Waals surface area contributed by atoms with Gasteiger partial charge in [-0.1, -0.05) is 17.7 Å². The van der Waals surface area contributed by atoms with Crippen molar-refractivity contribution in [1.82, 2.24) is 9.21 Å². The Hall–Kier alpha value is -2.63. The van der Waals surface area contributed by atoms with Gasteiger partial charge in [0, 0.05) is 26.2 Å². The van der Waals surface area contributed by atoms with Crippen LogP contribution in [0.2, 0.25) is 0 Å². The Morgan fingerprint density at radius 3 is 2.03 bits per heavy atom. The Bertz CT molecular complexity index is 1200. The summed E-state index contributed by atoms with van der Waals surface area (Å²) in [6.07, 6.45) is 1.05. The topological polar surface area (TPSA) is 104 Å². The fourth-order valence-corrected chi connectivity index (χ4v) is 6.52. The predicted octanol–water partition coefficient (Wildman–Crippen LogP) is 2.08. The lowest BCUT2D eigenvalue weighted by Gasteiger charge is -2.37. The van der Waals surface area contributed by atoms with E-state index in [0.29, 0.717) is 18.0 Å². The Balaban J connectivity index is 1.73. The van der Waals surface area contributed by atoms with E-state index >= 15 is 0 Å². The molecular formula is C23H31N3O6S2. The average molecular weight is 510 g/mol. The van der Waals surface area contributed by atoms with Crippen LogP contribution in [0.15, 0.2) is 53.4 Å². The quantitative estimate of drug-likeness (QED) is 0.540. The van der Waals surface area contributed by atoms with Crippen LogP contribution in [0, 0.1) is 6.92 Å². The molecule has 1 fully saturated rings. The van der Waals surface area contributed by atoms with Crippen LogP contribution in [0.25, 0.3) is 0 Å². The van der Waals surface area contributed by atoms with E-state index < -0.39 is 26.1 Å². The van der Waals surface area contributed by atoms with E-state index in [1.165, 1.54) is 16.1 Å². The van der Waals surface area contributed by atoms with Gasteiger partial charge in [0.1, 0.15) is 11.8 Å². The fraction of sp³-hybridized carbons (Fsp3) is 0.435. The molecule has 34 heavy (non-hydrogen) atoms. The number of amides is 1. The number of hydrogen-bond donors (Lipinski definition) is 0. The number of piperazine rings is 1. The van der Waals surface area contributed by atoms with E-state index in [-0.39, 0.29) is 37.0 Å². The van der Waals surface area contributed by atoms with Crippen molar-refractivity contribution in [2.24, 2.45) is 0 Å². The van der Waals surface area contributed by atoms with E-state index in [4.69, 9.17) is 4.74 Å². The molecule has 1 atom stereocenters. The first kappa shape index (κ1) is 26.0. The van der Waals surface area contributed by atoms with Gasteiger partial charge in [0.2, 0.25) is 26.0 Å². The van der Waals surface area contributed by atoms with Crippen molar-refractivity contribution in [2.75, 3.05) is 43.3 Å². The second kappa shape index (κ2) is 10.3. The number of aryl methyl sites for hydroxylation is 1. The molecule has 11 heteroatoms. The summed E-state index contributed by atoms with van der Waals surface area (Å²) in [7, 11) is -7.42. The molecule has 1 unspecified atom stereocenters. The van der Waals surface area contributed by atoms with E-state index in [0.717, 1.165) is 16.1 Å². The molecule has 1 aliphatic rings. The van der Waals surface area contributed by atoms with Gasteiger partial charge in [0.25, 0.3) is 0 Å². The molecule has 9 nitrogen and oxygen atoms in total. The van der Waals surface area contributed by atoms with Crippen LogP contribution in [-0.4, -0.2) is 77.0 Å². The second-order valence-electron chi connectivity index (χ2n) is 8.20. The average Bonchev–Trinajstić information content (AvgIpc) is 2.79. The van der Waals surface area contributed by atoms with Gasteiger partial charge in [-0.15, -0.1) is 0 Å². The third-order valence-corrected chi connectivity index (χ3v) is 8.83. The summed E-state index contributed by atoms with van der Waals surface area (Å²) in [4.78, 5) is 14.9. The molecule has 0 aliphatic carbocycles. The number of carbonyl (C=O) groups is 1. The summed E-state index contributed by atoms with van der Waals surface area (Å²) >= 11 is 0. The Morgan fingerprint density at radius 2 is 1.53 bits per heavy atom. The van der Waals surface area contributed by atoms with Crippen molar-refractivity contribution in [1.29, 1.82) is 0 Å². The number of carbonyl (C=O) groups excluding carboxylic acids is 1. The predicted molar refractivity (Wildman–Crippen MR) is 131 cm³/mol. The first-order valence-corrected chi connectivity index (χ1v) is 14.3. The Morgan fingerprint density at radius 1 is 0.971 bits per heavy atom. The molecule has 0 radical (unpaired) electrons. The fourth-order valence-electron chi connectivity index (χ4n) is 3.93. The van der Waals surface area contributed by atoms with Gasteiger partial charge in [-0.25, -0.2) is 16.8 Å². The van der Waals surface area contributed by atoms with Gasteiger partial charge < -0.3 is 9.64 Å². The van der Waals surface area contributed by atoms with Crippen LogP contribution >= 0.6 is 0 Å². The van der Waals surface area contributed by atoms with Crippen molar-refractivity contribution < 1.29 is 26.4 Å². The third kappa shape index (κ3) is 5.70. The van der Waals surface area contributed by atoms with Crippen molar-refractivity contribution in [3.63, 3.8) is 0 Å². The van der Waals surface area contributed by atoms with Crippen LogP contribution in [-0.2, 0) is 24.8 Å². The van der Waals surface area contributed by atoms with Gasteiger partial charge in [-0.3, -0.25) is 9.10 Å². The van der Waals surface area contributed by atoms with E-state index in [9.17, 15) is 21.6 Å². The Labute approximate surface area is 202 Å². The molecule has 3 rings (SSSR count). The van der Waals surface area contributed by atoms with Crippen molar-refractivity contribution in [2.45, 2.75) is 31.7 Å². The molecular weight excluding hydrogens is 478 g/mol. The zero-order valence-corrected chi connectivity index (χ0v) is 21.5. The number of nitrogens with zero attached hydrogens (tertiary/aromatic N) is 3. The van der Waals surface area contributed by atoms with E-state index in [1.54, 1.807) is 48.5 Å². The summed E-state index contributed by atoms with van der Waals surface area (Å²) in [6.45, 7) is 6.38. The molecule has 1 heterocycles. The molecule has 1 amide bonds. The van der Waals surface area contributed by atoms with Crippen LogP contribution in [0.1, 0.15) is 19.4 Å². The molecule has 1 saturated heterocycles. The van der Waals surface area contributed by atoms with E-state index in [1.807, 2.05) is 13.8 Å². The monoisotopic (exact) mass is 509 g/mol. The summed E-state index contributed by atoms with van der Waals surface area (Å²) in [5, 5.41) is 0. The van der Waals surface area contributed by atoms with Crippen molar-refractivity contribution in [3.05, 3.63) is 54.1 Å². The smallest absolute Gasteiger partial charge is 0.246 e. The van der Waals surface area contributed by atoms with Crippen LogP contribution in [0.5, 0.6) is 5.75 Å². The molecule has 1 aliphatic heterocycles. The van der Waals surface area contributed by atoms with Gasteiger partial charge in [-0.2, -0.15) is 4.31 Å². The lowest BCUT2D eigenvalue weighted by Crippen LogP contribution is -2.56. The lowest BCUT2D eigenvalue weighted by molar-refractivity contribution is -0.133. The third-order valence-electron chi connectivity index (χ3n) is 5.68. The van der Waals surface area contributed by atoms with Crippen molar-refractivity contribution in [3.8, 4) is 5.75 Å². The molecule has 0 N–H and O–H groups in total. The highest BCUT2D eigenvalue weighted by atomic mass is 32.2. The summed E-state index contributed by atoms with van der Waals surface area (Å²) in [6, 6.07) is 12.2. The normalized spacial score (nSPS) is 16.2. The molecule has 0 aromatic heterocycles. The lowest BCUT2D eigenvalue weighted by atomic mass is 10.2. The van der Waals surface area contributed by atoms with Crippen LogP contribution < -0.4 is 9.04 Å². The molecule has 2 aromatic rings. The summed E-state index contributed by atoms with van der Waals surface area (Å²) in [5.41, 5.74) is 1.32. The highest BCUT2D eigenvalue weighted by molar-refractivity contribution is 7.92. The minimum atomic E-state index is -3.76. The summed E-state index contributed by atoms with van der Waals surface area (Å²) in [5.74, 6) is 0.219. The van der Waals surface area contributed by atoms with Gasteiger partial charge in [-0.05, 0) is 57.2 Å². The van der Waals surface area contributed by atoms with Gasteiger partial charge in [0.15, 0.2) is 0 Å². The van der Waals surface area contributed by atoms with Gasteiger partial charge in [0.05, 0.1) is 23.4 Å². The largest absolute Gasteiger partial charge is 0.494 e. The number of sulfonamides is 2. The van der Waals surface area contributed by atoms with E-state index in [2.05, 4.69) is 0 Å². The maximum Gasteiger partial charge on any atom is 0.246 e. The minimum absolute atomic E-state index is 0.136. The molecule has 0 bridgehead atoms. The molecule has 186 valence electrons. The molecule has 0 saturated carbocycles. The zero-order valence-electron chi connectivity index (χ0n) is 19.8. The summed E-state index contributed by atoms with van der Waals surface area (Å²) < 4.78 is 58.9. The maximum atomic E-state index is 13.2. The number of benzene rings is 2. The van der Waals surface area contributed by atoms with Crippen LogP contribution in [0.4, 0.5) is 5.69 Å². The van der Waals surface area contributed by atoms with Crippen LogP contribution in [0.3, 0.4) is 0 Å². The standard InChI is InChI=1S/C23H31N3O6S2/c1-5-32-21-10-8-20(9-11-21)26(33(4,28)29)19(3)23(27)24-14-16-25(17-15-24)34(30,31)22-12-6-18(2)7-13-22/h6-13,19H,5,14-17H2,1-4H3. The minimum Gasteiger partial charge on any atom is -0.494 e. The number of hydrogen-bond acceptors (Lipinski definition) is 6. The second-order valence-corrected chi connectivity index (χ2v) is 12.0. The highest BCUT2D eigenvalue weighted by Gasteiger charge is 2.35. The maximum absolute atomic E-state index is 13.2. The van der Waals surface area contributed by atoms with Gasteiger partial charge >= 0.3 is 0 Å². The Kier molecular flexibility index (Phi) is 7.89. The zero-order chi connectivity index (χ0) is 25.1. The number of anilines is 1. The SMILES string of the molecule is CCOc1ccc(N(C(C)C(=O)N2CCN(S(=O)(=O)c3ccc(C)cc3)CC2)S(C)(=O)=O)cc1. The first-order valence-electron chi connectivity index (χ1n) is 11.0. The highest BCUT2D eigenvalue weighted by Crippen LogP contribution is 2.25. The first-order chi connectivity index (χ1) is 15.9. The van der Waals surface area contributed by atoms with Crippen molar-refractivity contribution >= 4 is 31.6 Å².